The van der Waals surface area contributed by atoms with Crippen LogP contribution < -0.4 is 5.32 Å². The van der Waals surface area contributed by atoms with Crippen molar-refractivity contribution in [3.05, 3.63) is 45.8 Å². The summed E-state index contributed by atoms with van der Waals surface area (Å²) in [5.74, 6) is 0.838. The first-order chi connectivity index (χ1) is 9.86. The molecular weight excluding hydrogens is 288 g/mol. The SMILES string of the molecule is CC(C)(C)c1nsc(NCCc2ccc([N+](=O)[O-])cc2)n1. The van der Waals surface area contributed by atoms with Gasteiger partial charge in [0.2, 0.25) is 5.13 Å². The van der Waals surface area contributed by atoms with E-state index in [2.05, 4.69) is 35.4 Å². The molecule has 1 N–H and O–H groups in total. The largest absolute Gasteiger partial charge is 0.360 e. The summed E-state index contributed by atoms with van der Waals surface area (Å²) in [7, 11) is 0. The molecule has 0 spiro atoms. The third-order valence-electron chi connectivity index (χ3n) is 2.93. The number of nitro groups is 1. The fourth-order valence-corrected chi connectivity index (χ4v) is 2.48. The van der Waals surface area contributed by atoms with Crippen LogP contribution in [0.5, 0.6) is 0 Å². The maximum atomic E-state index is 10.6. The molecule has 21 heavy (non-hydrogen) atoms. The van der Waals surface area contributed by atoms with Gasteiger partial charge in [0.05, 0.1) is 4.92 Å². The van der Waals surface area contributed by atoms with Gasteiger partial charge in [-0.2, -0.15) is 4.37 Å². The van der Waals surface area contributed by atoms with Crippen LogP contribution in [0.4, 0.5) is 10.8 Å². The minimum Gasteiger partial charge on any atom is -0.360 e. The summed E-state index contributed by atoms with van der Waals surface area (Å²) < 4.78 is 4.34. The Kier molecular flexibility index (Phi) is 4.52. The van der Waals surface area contributed by atoms with Crippen molar-refractivity contribution in [2.75, 3.05) is 11.9 Å². The number of rotatable bonds is 5. The van der Waals surface area contributed by atoms with Gasteiger partial charge in [-0.15, -0.1) is 0 Å². The lowest BCUT2D eigenvalue weighted by molar-refractivity contribution is -0.384. The van der Waals surface area contributed by atoms with Crippen LogP contribution in [0.25, 0.3) is 0 Å². The third-order valence-corrected chi connectivity index (χ3v) is 3.61. The second-order valence-electron chi connectivity index (χ2n) is 5.77. The number of nitro benzene ring substituents is 1. The minimum absolute atomic E-state index is 0.0468. The zero-order valence-corrected chi connectivity index (χ0v) is 13.1. The van der Waals surface area contributed by atoms with Gasteiger partial charge in [0.1, 0.15) is 5.82 Å². The van der Waals surface area contributed by atoms with Crippen molar-refractivity contribution in [2.24, 2.45) is 0 Å². The molecule has 6 nitrogen and oxygen atoms in total. The zero-order chi connectivity index (χ0) is 15.5. The number of nitrogens with zero attached hydrogens (tertiary/aromatic N) is 3. The van der Waals surface area contributed by atoms with E-state index in [0.717, 1.165) is 29.5 Å². The van der Waals surface area contributed by atoms with Crippen molar-refractivity contribution in [1.82, 2.24) is 9.36 Å². The number of non-ortho nitro benzene ring substituents is 1. The van der Waals surface area contributed by atoms with Crippen molar-refractivity contribution < 1.29 is 4.92 Å². The third kappa shape index (κ3) is 4.22. The Labute approximate surface area is 127 Å². The summed E-state index contributed by atoms with van der Waals surface area (Å²) in [6, 6.07) is 6.61. The molecule has 112 valence electrons. The van der Waals surface area contributed by atoms with Crippen molar-refractivity contribution in [3.8, 4) is 0 Å². The molecule has 0 unspecified atom stereocenters. The average molecular weight is 306 g/mol. The van der Waals surface area contributed by atoms with E-state index in [1.165, 1.54) is 23.7 Å². The zero-order valence-electron chi connectivity index (χ0n) is 12.3. The van der Waals surface area contributed by atoms with Crippen molar-refractivity contribution in [2.45, 2.75) is 32.6 Å². The van der Waals surface area contributed by atoms with Crippen LogP contribution >= 0.6 is 11.5 Å². The highest BCUT2D eigenvalue weighted by molar-refractivity contribution is 7.09. The molecule has 1 aromatic heterocycles. The molecule has 0 saturated carbocycles. The Morgan fingerprint density at radius 1 is 1.29 bits per heavy atom. The molecule has 0 fully saturated rings. The average Bonchev–Trinajstić information content (AvgIpc) is 2.88. The number of nitrogens with one attached hydrogen (secondary N) is 1. The highest BCUT2D eigenvalue weighted by atomic mass is 32.1. The molecule has 1 heterocycles. The van der Waals surface area contributed by atoms with Gasteiger partial charge in [0, 0.05) is 35.6 Å². The molecule has 1 aromatic carbocycles. The molecule has 2 rings (SSSR count). The highest BCUT2D eigenvalue weighted by Gasteiger charge is 2.19. The lowest BCUT2D eigenvalue weighted by Gasteiger charge is -2.12. The van der Waals surface area contributed by atoms with E-state index in [1.54, 1.807) is 12.1 Å². The summed E-state index contributed by atoms with van der Waals surface area (Å²) >= 11 is 1.36. The lowest BCUT2D eigenvalue weighted by Crippen LogP contribution is -2.13. The maximum Gasteiger partial charge on any atom is 0.269 e. The summed E-state index contributed by atoms with van der Waals surface area (Å²) in [5.41, 5.74) is 1.12. The first-order valence-corrected chi connectivity index (χ1v) is 7.45. The van der Waals surface area contributed by atoms with Crippen molar-refractivity contribution >= 4 is 22.4 Å². The molecule has 0 atom stereocenters. The van der Waals surface area contributed by atoms with Crippen LogP contribution in [-0.4, -0.2) is 20.8 Å². The summed E-state index contributed by atoms with van der Waals surface area (Å²) in [5, 5.41) is 14.6. The second-order valence-corrected chi connectivity index (χ2v) is 6.53. The molecule has 0 aliphatic rings. The molecule has 0 aliphatic heterocycles. The maximum absolute atomic E-state index is 10.6. The molecule has 0 bridgehead atoms. The van der Waals surface area contributed by atoms with E-state index in [9.17, 15) is 10.1 Å². The Bertz CT molecular complexity index is 617. The topological polar surface area (TPSA) is 81.0 Å². The van der Waals surface area contributed by atoms with E-state index < -0.39 is 4.92 Å². The Morgan fingerprint density at radius 2 is 1.95 bits per heavy atom. The summed E-state index contributed by atoms with van der Waals surface area (Å²) in [6.45, 7) is 6.96. The summed E-state index contributed by atoms with van der Waals surface area (Å²) in [6.07, 6.45) is 0.780. The molecule has 0 saturated heterocycles. The summed E-state index contributed by atoms with van der Waals surface area (Å²) in [4.78, 5) is 14.6. The van der Waals surface area contributed by atoms with Gasteiger partial charge in [-0.3, -0.25) is 10.1 Å². The van der Waals surface area contributed by atoms with Crippen LogP contribution in [0.3, 0.4) is 0 Å². The van der Waals surface area contributed by atoms with Gasteiger partial charge in [-0.05, 0) is 12.0 Å². The number of aromatic nitrogens is 2. The molecular formula is C14H18N4O2S. The number of hydrogen-bond donors (Lipinski definition) is 1. The molecule has 0 aliphatic carbocycles. The van der Waals surface area contributed by atoms with Gasteiger partial charge in [-0.25, -0.2) is 4.98 Å². The van der Waals surface area contributed by atoms with Crippen LogP contribution in [-0.2, 0) is 11.8 Å². The van der Waals surface area contributed by atoms with E-state index in [0.29, 0.717) is 0 Å². The van der Waals surface area contributed by atoms with Crippen LogP contribution in [0, 0.1) is 10.1 Å². The molecule has 0 amide bonds. The Morgan fingerprint density at radius 3 is 2.48 bits per heavy atom. The Balaban J connectivity index is 1.86. The van der Waals surface area contributed by atoms with E-state index >= 15 is 0 Å². The van der Waals surface area contributed by atoms with Crippen LogP contribution in [0.2, 0.25) is 0 Å². The van der Waals surface area contributed by atoms with Gasteiger partial charge in [0.25, 0.3) is 5.69 Å². The van der Waals surface area contributed by atoms with Gasteiger partial charge < -0.3 is 5.32 Å². The van der Waals surface area contributed by atoms with E-state index in [4.69, 9.17) is 0 Å². The standard InChI is InChI=1S/C14H18N4O2S/c1-14(2,3)12-16-13(21-17-12)15-9-8-10-4-6-11(7-5-10)18(19)20/h4-7H,8-9H2,1-3H3,(H,15,16,17). The first-order valence-electron chi connectivity index (χ1n) is 6.67. The van der Waals surface area contributed by atoms with E-state index in [1.807, 2.05) is 0 Å². The predicted molar refractivity (Wildman–Crippen MR) is 83.9 cm³/mol. The van der Waals surface area contributed by atoms with Gasteiger partial charge in [-0.1, -0.05) is 32.9 Å². The van der Waals surface area contributed by atoms with Crippen LogP contribution in [0.15, 0.2) is 24.3 Å². The first kappa shape index (κ1) is 15.4. The number of benzene rings is 1. The fraction of sp³-hybridized carbons (Fsp3) is 0.429. The van der Waals surface area contributed by atoms with Crippen molar-refractivity contribution in [1.29, 1.82) is 0 Å². The molecule has 7 heteroatoms. The van der Waals surface area contributed by atoms with Gasteiger partial charge >= 0.3 is 0 Å². The normalized spacial score (nSPS) is 11.4. The number of hydrogen-bond acceptors (Lipinski definition) is 6. The highest BCUT2D eigenvalue weighted by Crippen LogP contribution is 2.22. The minimum atomic E-state index is -0.392. The quantitative estimate of drug-likeness (QED) is 0.676. The van der Waals surface area contributed by atoms with Gasteiger partial charge in [0.15, 0.2) is 0 Å². The second kappa shape index (κ2) is 6.17. The Hall–Kier alpha value is -2.02. The fourth-order valence-electron chi connectivity index (χ4n) is 1.70. The molecule has 2 aromatic rings. The molecule has 0 radical (unpaired) electrons. The lowest BCUT2D eigenvalue weighted by atomic mass is 9.96. The number of anilines is 1. The smallest absolute Gasteiger partial charge is 0.269 e. The van der Waals surface area contributed by atoms with E-state index in [-0.39, 0.29) is 11.1 Å². The monoisotopic (exact) mass is 306 g/mol. The van der Waals surface area contributed by atoms with Crippen molar-refractivity contribution in [3.63, 3.8) is 0 Å². The van der Waals surface area contributed by atoms with Crippen LogP contribution in [0.1, 0.15) is 32.2 Å². The predicted octanol–water partition coefficient (Wildman–Crippen LogP) is 3.40.